The molecule has 3 rings (SSSR count). The van der Waals surface area contributed by atoms with Crippen molar-refractivity contribution in [3.05, 3.63) is 34.7 Å². The second-order valence-electron chi connectivity index (χ2n) is 8.09. The largest absolute Gasteiger partial charge is 0.444 e. The van der Waals surface area contributed by atoms with Crippen LogP contribution in [0.1, 0.15) is 38.6 Å². The number of nitrogens with one attached hydrogen (secondary N) is 1. The molecule has 150 valence electrons. The smallest absolute Gasteiger partial charge is 0.410 e. The standard InChI is InChI=1S/C21H27N3O3S/c1-14-22-18(13-28-14)15-7-5-9-17(11-15)23-19(25)16-8-6-10-24(12-16)20(26)27-21(2,3)4/h5,7,9,11,13,16H,6,8,10,12H2,1-4H3,(H,23,25). The molecule has 0 aliphatic carbocycles. The molecule has 0 spiro atoms. The lowest BCUT2D eigenvalue weighted by atomic mass is 9.97. The number of nitrogens with zero attached hydrogens (tertiary/aromatic N) is 2. The Morgan fingerprint density at radius 2 is 2.11 bits per heavy atom. The molecule has 28 heavy (non-hydrogen) atoms. The van der Waals surface area contributed by atoms with E-state index in [1.54, 1.807) is 16.2 Å². The van der Waals surface area contributed by atoms with Crippen molar-refractivity contribution in [1.29, 1.82) is 0 Å². The minimum Gasteiger partial charge on any atom is -0.444 e. The average molecular weight is 402 g/mol. The Kier molecular flexibility index (Phi) is 6.03. The fraction of sp³-hybridized carbons (Fsp3) is 0.476. The fourth-order valence-electron chi connectivity index (χ4n) is 3.18. The second-order valence-corrected chi connectivity index (χ2v) is 9.15. The zero-order valence-corrected chi connectivity index (χ0v) is 17.6. The Bertz CT molecular complexity index is 857. The lowest BCUT2D eigenvalue weighted by molar-refractivity contribution is -0.121. The molecule has 7 heteroatoms. The minimum absolute atomic E-state index is 0.0696. The van der Waals surface area contributed by atoms with E-state index in [1.165, 1.54) is 0 Å². The zero-order valence-electron chi connectivity index (χ0n) is 16.8. The average Bonchev–Trinajstić information content (AvgIpc) is 3.07. The van der Waals surface area contributed by atoms with Crippen LogP contribution in [-0.2, 0) is 9.53 Å². The highest BCUT2D eigenvalue weighted by molar-refractivity contribution is 7.09. The van der Waals surface area contributed by atoms with Crippen molar-refractivity contribution < 1.29 is 14.3 Å². The summed E-state index contributed by atoms with van der Waals surface area (Å²) in [6.07, 6.45) is 1.19. The molecule has 1 aliphatic rings. The van der Waals surface area contributed by atoms with Gasteiger partial charge in [0.1, 0.15) is 5.60 Å². The van der Waals surface area contributed by atoms with E-state index in [-0.39, 0.29) is 17.9 Å². The lowest BCUT2D eigenvalue weighted by Gasteiger charge is -2.33. The molecule has 1 unspecified atom stereocenters. The Balaban J connectivity index is 1.64. The molecule has 0 bridgehead atoms. The summed E-state index contributed by atoms with van der Waals surface area (Å²) in [7, 11) is 0. The Morgan fingerprint density at radius 3 is 2.79 bits per heavy atom. The topological polar surface area (TPSA) is 71.5 Å². The van der Waals surface area contributed by atoms with Crippen molar-refractivity contribution in [3.8, 4) is 11.3 Å². The van der Waals surface area contributed by atoms with Crippen LogP contribution in [-0.4, -0.2) is 40.6 Å². The summed E-state index contributed by atoms with van der Waals surface area (Å²) >= 11 is 1.60. The van der Waals surface area contributed by atoms with Crippen molar-refractivity contribution in [3.63, 3.8) is 0 Å². The highest BCUT2D eigenvalue weighted by atomic mass is 32.1. The van der Waals surface area contributed by atoms with Crippen LogP contribution in [0.25, 0.3) is 11.3 Å². The van der Waals surface area contributed by atoms with E-state index in [1.807, 2.05) is 57.3 Å². The Labute approximate surface area is 169 Å². The molecule has 1 aromatic heterocycles. The number of likely N-dealkylation sites (tertiary alicyclic amines) is 1. The molecule has 2 heterocycles. The predicted molar refractivity (Wildman–Crippen MR) is 111 cm³/mol. The van der Waals surface area contributed by atoms with E-state index in [2.05, 4.69) is 10.3 Å². The van der Waals surface area contributed by atoms with Crippen LogP contribution in [0.3, 0.4) is 0 Å². The predicted octanol–water partition coefficient (Wildman–Crippen LogP) is 4.70. The Hall–Kier alpha value is -2.41. The van der Waals surface area contributed by atoms with E-state index in [9.17, 15) is 9.59 Å². The number of aromatic nitrogens is 1. The van der Waals surface area contributed by atoms with E-state index in [4.69, 9.17) is 4.74 Å². The van der Waals surface area contributed by atoms with Crippen molar-refractivity contribution >= 4 is 29.0 Å². The maximum atomic E-state index is 12.8. The maximum absolute atomic E-state index is 12.8. The van der Waals surface area contributed by atoms with Gasteiger partial charge in [0.25, 0.3) is 0 Å². The van der Waals surface area contributed by atoms with Crippen LogP contribution in [0.5, 0.6) is 0 Å². The minimum atomic E-state index is -0.541. The molecule has 1 aromatic carbocycles. The lowest BCUT2D eigenvalue weighted by Crippen LogP contribution is -2.45. The molecular weight excluding hydrogens is 374 g/mol. The molecule has 2 aromatic rings. The van der Waals surface area contributed by atoms with Crippen LogP contribution in [0.2, 0.25) is 0 Å². The number of thiazole rings is 1. The summed E-state index contributed by atoms with van der Waals surface area (Å²) in [6, 6.07) is 7.69. The van der Waals surface area contributed by atoms with Gasteiger partial charge in [-0.3, -0.25) is 4.79 Å². The SMILES string of the molecule is Cc1nc(-c2cccc(NC(=O)C3CCCN(C(=O)OC(C)(C)C)C3)c2)cs1. The number of piperidine rings is 1. The quantitative estimate of drug-likeness (QED) is 0.809. The summed E-state index contributed by atoms with van der Waals surface area (Å²) in [5.41, 5.74) is 2.08. The monoisotopic (exact) mass is 401 g/mol. The van der Waals surface area contributed by atoms with E-state index >= 15 is 0 Å². The van der Waals surface area contributed by atoms with E-state index in [0.717, 1.165) is 34.8 Å². The number of carbonyl (C=O) groups is 2. The highest BCUT2D eigenvalue weighted by Gasteiger charge is 2.31. The highest BCUT2D eigenvalue weighted by Crippen LogP contribution is 2.25. The molecule has 1 aliphatic heterocycles. The molecule has 6 nitrogen and oxygen atoms in total. The Morgan fingerprint density at radius 1 is 1.32 bits per heavy atom. The molecule has 1 atom stereocenters. The molecule has 1 N–H and O–H groups in total. The number of amides is 2. The van der Waals surface area contributed by atoms with Gasteiger partial charge in [0.15, 0.2) is 0 Å². The van der Waals surface area contributed by atoms with Crippen molar-refractivity contribution in [2.75, 3.05) is 18.4 Å². The van der Waals surface area contributed by atoms with Crippen LogP contribution < -0.4 is 5.32 Å². The number of hydrogen-bond donors (Lipinski definition) is 1. The third-order valence-electron chi connectivity index (χ3n) is 4.49. The summed E-state index contributed by atoms with van der Waals surface area (Å²) in [4.78, 5) is 31.2. The summed E-state index contributed by atoms with van der Waals surface area (Å²) < 4.78 is 5.44. The van der Waals surface area contributed by atoms with E-state index < -0.39 is 5.60 Å². The van der Waals surface area contributed by atoms with Gasteiger partial charge < -0.3 is 15.0 Å². The number of anilines is 1. The van der Waals surface area contributed by atoms with E-state index in [0.29, 0.717) is 13.1 Å². The summed E-state index contributed by atoms with van der Waals surface area (Å²) in [5.74, 6) is -0.314. The van der Waals surface area contributed by atoms with Gasteiger partial charge in [0.2, 0.25) is 5.91 Å². The van der Waals surface area contributed by atoms with Crippen molar-refractivity contribution in [2.24, 2.45) is 5.92 Å². The van der Waals surface area contributed by atoms with Crippen LogP contribution >= 0.6 is 11.3 Å². The zero-order chi connectivity index (χ0) is 20.3. The number of ether oxygens (including phenoxy) is 1. The fourth-order valence-corrected chi connectivity index (χ4v) is 3.80. The van der Waals surface area contributed by atoms with Gasteiger partial charge in [-0.05, 0) is 52.7 Å². The van der Waals surface area contributed by atoms with Gasteiger partial charge >= 0.3 is 6.09 Å². The third-order valence-corrected chi connectivity index (χ3v) is 5.26. The summed E-state index contributed by atoms with van der Waals surface area (Å²) in [6.45, 7) is 8.50. The van der Waals surface area contributed by atoms with Gasteiger partial charge in [-0.2, -0.15) is 0 Å². The first kappa shape index (κ1) is 20.3. The molecule has 0 radical (unpaired) electrons. The number of aryl methyl sites for hydroxylation is 1. The van der Waals surface area contributed by atoms with Gasteiger partial charge in [-0.25, -0.2) is 9.78 Å². The number of benzene rings is 1. The maximum Gasteiger partial charge on any atom is 0.410 e. The summed E-state index contributed by atoms with van der Waals surface area (Å²) in [5, 5.41) is 6.01. The van der Waals surface area contributed by atoms with Gasteiger partial charge in [0, 0.05) is 29.7 Å². The first-order valence-electron chi connectivity index (χ1n) is 9.52. The van der Waals surface area contributed by atoms with Crippen LogP contribution in [0.4, 0.5) is 10.5 Å². The molecule has 2 amide bonds. The van der Waals surface area contributed by atoms with Crippen molar-refractivity contribution in [2.45, 2.75) is 46.1 Å². The third kappa shape index (κ3) is 5.32. The number of carbonyl (C=O) groups excluding carboxylic acids is 2. The number of rotatable bonds is 3. The molecule has 1 fully saturated rings. The molecule has 1 saturated heterocycles. The van der Waals surface area contributed by atoms with Gasteiger partial charge in [-0.1, -0.05) is 12.1 Å². The first-order valence-corrected chi connectivity index (χ1v) is 10.4. The van der Waals surface area contributed by atoms with Crippen LogP contribution in [0.15, 0.2) is 29.6 Å². The molecule has 0 saturated carbocycles. The first-order chi connectivity index (χ1) is 13.2. The van der Waals surface area contributed by atoms with Crippen molar-refractivity contribution in [1.82, 2.24) is 9.88 Å². The van der Waals surface area contributed by atoms with Crippen LogP contribution in [0, 0.1) is 12.8 Å². The second kappa shape index (κ2) is 8.31. The normalized spacial score (nSPS) is 17.3. The molecular formula is C21H27N3O3S. The number of hydrogen-bond acceptors (Lipinski definition) is 5. The van der Waals surface area contributed by atoms with Gasteiger partial charge in [-0.15, -0.1) is 11.3 Å². The van der Waals surface area contributed by atoms with Gasteiger partial charge in [0.05, 0.1) is 16.6 Å².